The van der Waals surface area contributed by atoms with Crippen molar-refractivity contribution in [1.29, 1.82) is 0 Å². The van der Waals surface area contributed by atoms with E-state index in [4.69, 9.17) is 37.7 Å². The lowest BCUT2D eigenvalue weighted by atomic mass is 10.1. The van der Waals surface area contributed by atoms with Gasteiger partial charge in [0.2, 0.25) is 0 Å². The first-order chi connectivity index (χ1) is 18.4. The number of methoxy groups -OCH3 is 2. The molecule has 0 spiro atoms. The first-order valence-corrected chi connectivity index (χ1v) is 13.0. The summed E-state index contributed by atoms with van der Waals surface area (Å²) < 4.78 is 11.9. The molecule has 0 aliphatic rings. The van der Waals surface area contributed by atoms with Gasteiger partial charge in [0.25, 0.3) is 0 Å². The lowest BCUT2D eigenvalue weighted by Crippen LogP contribution is -2.12. The summed E-state index contributed by atoms with van der Waals surface area (Å²) in [6.45, 7) is 8.00. The van der Waals surface area contributed by atoms with Crippen LogP contribution < -0.4 is 10.1 Å². The minimum atomic E-state index is -0.587. The number of aromatic nitrogens is 4. The second kappa shape index (κ2) is 13.2. The van der Waals surface area contributed by atoms with Crippen molar-refractivity contribution in [2.75, 3.05) is 19.5 Å². The van der Waals surface area contributed by atoms with E-state index in [1.165, 1.54) is 7.11 Å². The maximum Gasteiger partial charge on any atom is 0.411 e. The number of carbonyl (C=O) groups is 1. The number of H-pyrrole nitrogens is 1. The van der Waals surface area contributed by atoms with Crippen LogP contribution in [0.3, 0.4) is 0 Å². The molecule has 0 saturated carbocycles. The summed E-state index contributed by atoms with van der Waals surface area (Å²) in [5.41, 5.74) is 5.06. The standard InChI is InChI=1S/C24H19Cl2N5O3.2C2H6/c1-33-15-4-5-16(17(26)11-15)21-8-7-19(30-24(32)34-2)23-27-14(12-31(21)23)10-22-28-18-6-3-13(25)9-20(18)29-22;2*1-2/h3-9,11-12H,10H2,1-2H3,(H,28,29)(H,30,32);2*1-2H3. The number of benzene rings is 2. The van der Waals surface area contributed by atoms with Gasteiger partial charge in [-0.15, -0.1) is 0 Å². The van der Waals surface area contributed by atoms with Gasteiger partial charge in [-0.1, -0.05) is 50.9 Å². The van der Waals surface area contributed by atoms with E-state index in [0.717, 1.165) is 33.8 Å². The fraction of sp³-hybridized carbons (Fsp3) is 0.250. The number of halogens is 2. The number of hydrogen-bond acceptors (Lipinski definition) is 5. The first-order valence-electron chi connectivity index (χ1n) is 12.3. The summed E-state index contributed by atoms with van der Waals surface area (Å²) in [6.07, 6.45) is 1.76. The quantitative estimate of drug-likeness (QED) is 0.229. The molecule has 8 nitrogen and oxygen atoms in total. The van der Waals surface area contributed by atoms with Crippen LogP contribution in [-0.4, -0.2) is 39.7 Å². The number of ether oxygens (including phenoxy) is 2. The van der Waals surface area contributed by atoms with Crippen LogP contribution in [0.5, 0.6) is 5.75 Å². The Morgan fingerprint density at radius 2 is 1.76 bits per heavy atom. The number of hydrogen-bond donors (Lipinski definition) is 2. The van der Waals surface area contributed by atoms with E-state index < -0.39 is 6.09 Å². The zero-order valence-corrected chi connectivity index (χ0v) is 23.7. The molecule has 3 heterocycles. The number of aromatic amines is 1. The number of rotatable bonds is 5. The van der Waals surface area contributed by atoms with Gasteiger partial charge >= 0.3 is 6.09 Å². The van der Waals surface area contributed by atoms with Crippen LogP contribution in [0.4, 0.5) is 10.5 Å². The maximum absolute atomic E-state index is 11.9. The van der Waals surface area contributed by atoms with E-state index >= 15 is 0 Å². The summed E-state index contributed by atoms with van der Waals surface area (Å²) >= 11 is 12.6. The highest BCUT2D eigenvalue weighted by Crippen LogP contribution is 2.33. The van der Waals surface area contributed by atoms with Crippen molar-refractivity contribution in [3.05, 3.63) is 76.3 Å². The van der Waals surface area contributed by atoms with E-state index in [1.807, 2.05) is 68.6 Å². The molecule has 0 radical (unpaired) electrons. The molecule has 5 aromatic rings. The highest BCUT2D eigenvalue weighted by atomic mass is 35.5. The molecule has 10 heteroatoms. The number of nitrogens with one attached hydrogen (secondary N) is 2. The number of imidazole rings is 2. The van der Waals surface area contributed by atoms with Gasteiger partial charge in [0.1, 0.15) is 11.6 Å². The second-order valence-electron chi connectivity index (χ2n) is 7.54. The Kier molecular flexibility index (Phi) is 9.98. The Labute approximate surface area is 231 Å². The fourth-order valence-electron chi connectivity index (χ4n) is 3.80. The maximum atomic E-state index is 11.9. The molecule has 1 amide bonds. The van der Waals surface area contributed by atoms with Gasteiger partial charge in [-0.3, -0.25) is 9.72 Å². The Morgan fingerprint density at radius 3 is 2.45 bits per heavy atom. The summed E-state index contributed by atoms with van der Waals surface area (Å²) in [5, 5.41) is 3.88. The van der Waals surface area contributed by atoms with Crippen LogP contribution >= 0.6 is 23.2 Å². The fourth-order valence-corrected chi connectivity index (χ4v) is 4.24. The zero-order valence-electron chi connectivity index (χ0n) is 22.2. The number of nitrogens with zero attached hydrogens (tertiary/aromatic N) is 3. The van der Waals surface area contributed by atoms with E-state index in [1.54, 1.807) is 25.3 Å². The SMILES string of the molecule is CC.CC.COC(=O)Nc1ccc(-c2ccc(OC)cc2Cl)n2cc(Cc3nc4ccc(Cl)cc4[nH]3)nc12. The van der Waals surface area contributed by atoms with Crippen molar-refractivity contribution < 1.29 is 14.3 Å². The van der Waals surface area contributed by atoms with E-state index in [9.17, 15) is 4.79 Å². The van der Waals surface area contributed by atoms with Gasteiger partial charge in [0.05, 0.1) is 47.4 Å². The monoisotopic (exact) mass is 555 g/mol. The number of amides is 1. The van der Waals surface area contributed by atoms with Crippen molar-refractivity contribution in [2.45, 2.75) is 34.1 Å². The highest BCUT2D eigenvalue weighted by Gasteiger charge is 2.17. The zero-order chi connectivity index (χ0) is 27.8. The van der Waals surface area contributed by atoms with Crippen molar-refractivity contribution in [1.82, 2.24) is 19.4 Å². The Morgan fingerprint density at radius 1 is 1.00 bits per heavy atom. The average molecular weight is 556 g/mol. The van der Waals surface area contributed by atoms with E-state index in [2.05, 4.69) is 15.3 Å². The molecule has 2 N–H and O–H groups in total. The van der Waals surface area contributed by atoms with Gasteiger partial charge in [0.15, 0.2) is 5.65 Å². The average Bonchev–Trinajstić information content (AvgIpc) is 3.54. The Balaban J connectivity index is 0.000000956. The third-order valence-corrected chi connectivity index (χ3v) is 5.93. The lowest BCUT2D eigenvalue weighted by Gasteiger charge is -2.12. The van der Waals surface area contributed by atoms with Crippen molar-refractivity contribution in [3.8, 4) is 17.0 Å². The molecule has 5 rings (SSSR count). The number of fused-ring (bicyclic) bond motifs is 2. The molecule has 200 valence electrons. The normalized spacial score (nSPS) is 10.3. The molecule has 0 fully saturated rings. The largest absolute Gasteiger partial charge is 0.497 e. The Bertz CT molecular complexity index is 1540. The molecule has 0 bridgehead atoms. The molecular formula is C28H31Cl2N5O3. The smallest absolute Gasteiger partial charge is 0.411 e. The lowest BCUT2D eigenvalue weighted by molar-refractivity contribution is 0.187. The van der Waals surface area contributed by atoms with Gasteiger partial charge in [-0.2, -0.15) is 0 Å². The summed E-state index contributed by atoms with van der Waals surface area (Å²) in [4.78, 5) is 24.6. The highest BCUT2D eigenvalue weighted by molar-refractivity contribution is 6.33. The van der Waals surface area contributed by atoms with Gasteiger partial charge in [0, 0.05) is 23.2 Å². The third kappa shape index (κ3) is 6.20. The first kappa shape index (κ1) is 28.8. The number of carbonyl (C=O) groups excluding carboxylic acids is 1. The van der Waals surface area contributed by atoms with Crippen LogP contribution in [-0.2, 0) is 11.2 Å². The van der Waals surface area contributed by atoms with Gasteiger partial charge in [-0.25, -0.2) is 14.8 Å². The molecule has 2 aromatic carbocycles. The second-order valence-corrected chi connectivity index (χ2v) is 8.39. The summed E-state index contributed by atoms with van der Waals surface area (Å²) in [5.74, 6) is 1.40. The van der Waals surface area contributed by atoms with Crippen LogP contribution in [0.25, 0.3) is 27.9 Å². The molecule has 0 aliphatic carbocycles. The number of anilines is 1. The molecule has 0 unspecified atom stereocenters. The third-order valence-electron chi connectivity index (χ3n) is 5.38. The molecular weight excluding hydrogens is 525 g/mol. The van der Waals surface area contributed by atoms with Crippen LogP contribution in [0.15, 0.2) is 54.7 Å². The topological polar surface area (TPSA) is 93.5 Å². The van der Waals surface area contributed by atoms with Gasteiger partial charge in [-0.05, 0) is 48.5 Å². The van der Waals surface area contributed by atoms with Crippen molar-refractivity contribution in [3.63, 3.8) is 0 Å². The molecule has 3 aromatic heterocycles. The van der Waals surface area contributed by atoms with Gasteiger partial charge < -0.3 is 14.5 Å². The number of pyridine rings is 1. The molecule has 38 heavy (non-hydrogen) atoms. The Hall–Kier alpha value is -3.75. The predicted octanol–water partition coefficient (Wildman–Crippen LogP) is 8.01. The minimum Gasteiger partial charge on any atom is -0.497 e. The molecule has 0 aliphatic heterocycles. The molecule has 0 atom stereocenters. The predicted molar refractivity (Wildman–Crippen MR) is 155 cm³/mol. The molecule has 0 saturated heterocycles. The van der Waals surface area contributed by atoms with E-state index in [0.29, 0.717) is 33.6 Å². The van der Waals surface area contributed by atoms with E-state index in [-0.39, 0.29) is 0 Å². The summed E-state index contributed by atoms with van der Waals surface area (Å²) in [6, 6.07) is 14.6. The minimum absolute atomic E-state index is 0.446. The van der Waals surface area contributed by atoms with Crippen LogP contribution in [0.2, 0.25) is 10.0 Å². The van der Waals surface area contributed by atoms with Crippen molar-refractivity contribution >= 4 is 51.7 Å². The van der Waals surface area contributed by atoms with Crippen LogP contribution in [0, 0.1) is 0 Å². The van der Waals surface area contributed by atoms with Crippen molar-refractivity contribution in [2.24, 2.45) is 0 Å². The van der Waals surface area contributed by atoms with Crippen LogP contribution in [0.1, 0.15) is 39.2 Å². The summed E-state index contributed by atoms with van der Waals surface area (Å²) in [7, 11) is 2.90.